The Labute approximate surface area is 82.1 Å². The van der Waals surface area contributed by atoms with Gasteiger partial charge >= 0.3 is 0 Å². The van der Waals surface area contributed by atoms with E-state index in [9.17, 15) is 4.79 Å². The van der Waals surface area contributed by atoms with Crippen LogP contribution in [-0.4, -0.2) is 16.5 Å². The van der Waals surface area contributed by atoms with E-state index in [0.29, 0.717) is 5.75 Å². The lowest BCUT2D eigenvalue weighted by molar-refractivity contribution is -0.112. The predicted octanol–water partition coefficient (Wildman–Crippen LogP) is 2.24. The number of carbonyl (C=O) groups excluding carboxylic acids is 1. The molecule has 1 aromatic rings. The van der Waals surface area contributed by atoms with Crippen LogP contribution in [-0.2, 0) is 4.79 Å². The third-order valence-corrected chi connectivity index (χ3v) is 2.40. The third-order valence-electron chi connectivity index (χ3n) is 1.45. The number of carbonyl (C=O) groups is 1. The summed E-state index contributed by atoms with van der Waals surface area (Å²) >= 11 is 1.44. The normalized spacial score (nSPS) is 9.62. The lowest BCUT2D eigenvalue weighted by atomic mass is 10.4. The first-order valence-corrected chi connectivity index (χ1v) is 4.92. The van der Waals surface area contributed by atoms with Gasteiger partial charge in [-0.25, -0.2) is 4.98 Å². The summed E-state index contributed by atoms with van der Waals surface area (Å²) in [5.41, 5.74) is 0.969. The number of aromatic nitrogens is 1. The molecule has 0 saturated heterocycles. The highest BCUT2D eigenvalue weighted by Gasteiger charge is 1.99. The highest BCUT2D eigenvalue weighted by atomic mass is 32.2. The molecule has 0 bridgehead atoms. The lowest BCUT2D eigenvalue weighted by Gasteiger charge is -1.98. The molecule has 0 radical (unpaired) electrons. The zero-order valence-corrected chi connectivity index (χ0v) is 8.30. The molecule has 1 aromatic heterocycles. The van der Waals surface area contributed by atoms with Crippen molar-refractivity contribution in [2.75, 3.05) is 5.75 Å². The summed E-state index contributed by atoms with van der Waals surface area (Å²) in [6, 6.07) is 5.76. The summed E-state index contributed by atoms with van der Waals surface area (Å²) in [5, 5.41) is 0.884. The first-order valence-electron chi connectivity index (χ1n) is 3.94. The number of hydrogen-bond acceptors (Lipinski definition) is 3. The highest BCUT2D eigenvalue weighted by Crippen LogP contribution is 2.14. The molecule has 1 heterocycles. The van der Waals surface area contributed by atoms with Crippen molar-refractivity contribution in [3.63, 3.8) is 0 Å². The minimum Gasteiger partial charge on any atom is -0.294 e. The van der Waals surface area contributed by atoms with E-state index in [1.165, 1.54) is 17.8 Å². The molecule has 0 amide bonds. The highest BCUT2D eigenvalue weighted by molar-refractivity contribution is 7.99. The fourth-order valence-corrected chi connectivity index (χ4v) is 1.59. The fourth-order valence-electron chi connectivity index (χ4n) is 0.802. The Morgan fingerprint density at radius 3 is 3.08 bits per heavy atom. The van der Waals surface area contributed by atoms with E-state index in [2.05, 4.69) is 11.6 Å². The summed E-state index contributed by atoms with van der Waals surface area (Å²) < 4.78 is 0. The van der Waals surface area contributed by atoms with Crippen LogP contribution < -0.4 is 0 Å². The molecule has 68 valence electrons. The molecule has 0 aliphatic carbocycles. The van der Waals surface area contributed by atoms with Crippen molar-refractivity contribution in [3.05, 3.63) is 36.5 Å². The summed E-state index contributed by atoms with van der Waals surface area (Å²) in [5.74, 6) is 0.452. The van der Waals surface area contributed by atoms with Crippen LogP contribution in [0.25, 0.3) is 0 Å². The van der Waals surface area contributed by atoms with Gasteiger partial charge in [0.25, 0.3) is 0 Å². The molecule has 0 N–H and O–H groups in total. The fraction of sp³-hybridized carbons (Fsp3) is 0.200. The van der Waals surface area contributed by atoms with Gasteiger partial charge in [-0.3, -0.25) is 4.79 Å². The predicted molar refractivity (Wildman–Crippen MR) is 54.9 cm³/mol. The molecule has 0 fully saturated rings. The summed E-state index contributed by atoms with van der Waals surface area (Å²) in [6.45, 7) is 5.34. The second-order valence-electron chi connectivity index (χ2n) is 2.58. The monoisotopic (exact) mass is 193 g/mol. The average Bonchev–Trinajstić information content (AvgIpc) is 2.14. The van der Waals surface area contributed by atoms with Gasteiger partial charge in [0.05, 0.1) is 10.8 Å². The van der Waals surface area contributed by atoms with Crippen LogP contribution in [0, 0.1) is 6.92 Å². The van der Waals surface area contributed by atoms with E-state index in [4.69, 9.17) is 0 Å². The van der Waals surface area contributed by atoms with E-state index in [1.54, 1.807) is 0 Å². The molecule has 2 nitrogen and oxygen atoms in total. The molecule has 0 atom stereocenters. The minimum atomic E-state index is 0.0355. The van der Waals surface area contributed by atoms with Crippen LogP contribution in [0.3, 0.4) is 0 Å². The first-order chi connectivity index (χ1) is 6.22. The molecule has 0 spiro atoms. The Bertz CT molecular complexity index is 322. The summed E-state index contributed by atoms with van der Waals surface area (Å²) in [4.78, 5) is 15.2. The van der Waals surface area contributed by atoms with E-state index < -0.39 is 0 Å². The number of ketones is 1. The second-order valence-corrected chi connectivity index (χ2v) is 3.57. The van der Waals surface area contributed by atoms with Crippen molar-refractivity contribution < 1.29 is 4.79 Å². The number of aryl methyl sites for hydroxylation is 1. The van der Waals surface area contributed by atoms with Crippen molar-refractivity contribution in [2.45, 2.75) is 11.9 Å². The van der Waals surface area contributed by atoms with Crippen LogP contribution in [0.1, 0.15) is 5.69 Å². The van der Waals surface area contributed by atoms with Crippen LogP contribution in [0.5, 0.6) is 0 Å². The molecule has 1 rings (SSSR count). The molecule has 0 aromatic carbocycles. The molecule has 3 heteroatoms. The van der Waals surface area contributed by atoms with Crippen molar-refractivity contribution in [2.24, 2.45) is 0 Å². The Morgan fingerprint density at radius 2 is 2.46 bits per heavy atom. The van der Waals surface area contributed by atoms with Crippen LogP contribution in [0.15, 0.2) is 35.9 Å². The topological polar surface area (TPSA) is 30.0 Å². The Morgan fingerprint density at radius 1 is 1.69 bits per heavy atom. The maximum absolute atomic E-state index is 10.9. The van der Waals surface area contributed by atoms with Gasteiger partial charge in [0, 0.05) is 5.69 Å². The smallest absolute Gasteiger partial charge is 0.165 e. The molecular formula is C10H11NOS. The molecule has 0 aliphatic rings. The van der Waals surface area contributed by atoms with E-state index in [0.717, 1.165) is 10.7 Å². The minimum absolute atomic E-state index is 0.0355. The number of nitrogens with zero attached hydrogens (tertiary/aromatic N) is 1. The zero-order valence-electron chi connectivity index (χ0n) is 7.49. The van der Waals surface area contributed by atoms with Crippen LogP contribution in [0.2, 0.25) is 0 Å². The van der Waals surface area contributed by atoms with E-state index >= 15 is 0 Å². The zero-order chi connectivity index (χ0) is 9.68. The molecule has 0 aliphatic heterocycles. The Balaban J connectivity index is 2.54. The van der Waals surface area contributed by atoms with Gasteiger partial charge in [0.15, 0.2) is 5.78 Å². The third kappa shape index (κ3) is 3.42. The van der Waals surface area contributed by atoms with E-state index in [-0.39, 0.29) is 5.78 Å². The number of hydrogen-bond donors (Lipinski definition) is 0. The quantitative estimate of drug-likeness (QED) is 0.542. The molecular weight excluding hydrogens is 182 g/mol. The lowest BCUT2D eigenvalue weighted by Crippen LogP contribution is -1.95. The van der Waals surface area contributed by atoms with Crippen LogP contribution in [0.4, 0.5) is 0 Å². The maximum atomic E-state index is 10.9. The van der Waals surface area contributed by atoms with Gasteiger partial charge in [-0.2, -0.15) is 0 Å². The largest absolute Gasteiger partial charge is 0.294 e. The number of pyridine rings is 1. The van der Waals surface area contributed by atoms with Crippen molar-refractivity contribution >= 4 is 17.5 Å². The van der Waals surface area contributed by atoms with Gasteiger partial charge in [0.2, 0.25) is 0 Å². The standard InChI is InChI=1S/C10H11NOS/c1-3-9(12)7-13-10-6-4-5-8(2)11-10/h3-6H,1,7H2,2H3. The average molecular weight is 193 g/mol. The Kier molecular flexibility index (Phi) is 3.71. The SMILES string of the molecule is C=CC(=O)CSc1cccc(C)n1. The van der Waals surface area contributed by atoms with E-state index in [1.807, 2.05) is 25.1 Å². The summed E-state index contributed by atoms with van der Waals surface area (Å²) in [7, 11) is 0. The van der Waals surface area contributed by atoms with Gasteiger partial charge in [-0.15, -0.1) is 0 Å². The summed E-state index contributed by atoms with van der Waals surface area (Å²) in [6.07, 6.45) is 1.34. The van der Waals surface area contributed by atoms with Gasteiger partial charge in [0.1, 0.15) is 0 Å². The maximum Gasteiger partial charge on any atom is 0.165 e. The van der Waals surface area contributed by atoms with Crippen molar-refractivity contribution in [1.29, 1.82) is 0 Å². The number of rotatable bonds is 4. The van der Waals surface area contributed by atoms with Gasteiger partial charge < -0.3 is 0 Å². The second kappa shape index (κ2) is 4.82. The van der Waals surface area contributed by atoms with Gasteiger partial charge in [-0.05, 0) is 25.1 Å². The van der Waals surface area contributed by atoms with Gasteiger partial charge in [-0.1, -0.05) is 24.4 Å². The number of thioether (sulfide) groups is 1. The molecule has 0 unspecified atom stereocenters. The van der Waals surface area contributed by atoms with Crippen LogP contribution >= 0.6 is 11.8 Å². The molecule has 13 heavy (non-hydrogen) atoms. The number of allylic oxidation sites excluding steroid dienone is 1. The van der Waals surface area contributed by atoms with Crippen molar-refractivity contribution in [1.82, 2.24) is 4.98 Å². The van der Waals surface area contributed by atoms with Crippen molar-refractivity contribution in [3.8, 4) is 0 Å². The Hall–Kier alpha value is -1.09. The first kappa shape index (κ1) is 9.99. The molecule has 0 saturated carbocycles.